The molecule has 2 N–H and O–H groups in total. The van der Waals surface area contributed by atoms with Gasteiger partial charge in [-0.2, -0.15) is 5.10 Å². The molecule has 3 aliphatic heterocycles. The molecule has 3 aromatic carbocycles. The van der Waals surface area contributed by atoms with Gasteiger partial charge in [0.1, 0.15) is 5.82 Å². The third-order valence-electron chi connectivity index (χ3n) is 13.3. The number of anilines is 1. The minimum Gasteiger partial charge on any atom is -0.380 e. The number of carbonyl (C=O) groups is 3. The predicted octanol–water partition coefficient (Wildman–Crippen LogP) is 5.31. The third-order valence-corrected chi connectivity index (χ3v) is 13.3. The number of rotatable bonds is 12. The number of fused-ring (bicyclic) bond motifs is 1. The Labute approximate surface area is 367 Å². The first-order valence-corrected chi connectivity index (χ1v) is 22.6. The quantitative estimate of drug-likeness (QED) is 0.171. The van der Waals surface area contributed by atoms with Gasteiger partial charge in [0.05, 0.1) is 28.9 Å². The van der Waals surface area contributed by atoms with Crippen molar-refractivity contribution < 1.29 is 18.8 Å². The number of likely N-dealkylation sites (tertiary alicyclic amines) is 1. The van der Waals surface area contributed by atoms with E-state index in [0.717, 1.165) is 94.7 Å². The van der Waals surface area contributed by atoms with Gasteiger partial charge in [0, 0.05) is 102 Å². The number of nitrogens with one attached hydrogen (secondary N) is 2. The summed E-state index contributed by atoms with van der Waals surface area (Å²) in [6.07, 6.45) is 7.26. The van der Waals surface area contributed by atoms with Crippen LogP contribution in [0.4, 0.5) is 10.1 Å². The Balaban J connectivity index is 0.711. The van der Waals surface area contributed by atoms with E-state index >= 15 is 4.39 Å². The number of hydrogen-bond acceptors (Lipinski definition) is 9. The first-order chi connectivity index (χ1) is 30.7. The fourth-order valence-corrected chi connectivity index (χ4v) is 9.25. The molecule has 63 heavy (non-hydrogen) atoms. The van der Waals surface area contributed by atoms with Gasteiger partial charge in [-0.15, -0.1) is 0 Å². The molecule has 1 aliphatic carbocycles. The van der Waals surface area contributed by atoms with Crippen LogP contribution in [0.25, 0.3) is 21.9 Å². The van der Waals surface area contributed by atoms with E-state index < -0.39 is 11.7 Å². The molecule has 13 nitrogen and oxygen atoms in total. The molecule has 0 unspecified atom stereocenters. The number of benzene rings is 3. The summed E-state index contributed by atoms with van der Waals surface area (Å²) in [6.45, 7) is 9.76. The number of amides is 3. The second kappa shape index (κ2) is 18.8. The largest absolute Gasteiger partial charge is 0.380 e. The van der Waals surface area contributed by atoms with Crippen molar-refractivity contribution in [2.75, 3.05) is 83.9 Å². The molecule has 2 aromatic heterocycles. The van der Waals surface area contributed by atoms with Crippen LogP contribution in [0.1, 0.15) is 70.3 Å². The molecular weight excluding hydrogens is 798 g/mol. The van der Waals surface area contributed by atoms with Crippen molar-refractivity contribution in [1.82, 2.24) is 39.7 Å². The number of aromatic amines is 1. The van der Waals surface area contributed by atoms with Crippen molar-refractivity contribution in [1.29, 1.82) is 0 Å². The molecule has 3 amide bonds. The number of pyridine rings is 1. The highest BCUT2D eigenvalue weighted by molar-refractivity contribution is 5.98. The van der Waals surface area contributed by atoms with Gasteiger partial charge in [-0.3, -0.25) is 24.1 Å². The summed E-state index contributed by atoms with van der Waals surface area (Å²) in [5.41, 5.74) is 5.81. The Bertz CT molecular complexity index is 2540. The fraction of sp³-hybridized carbons (Fsp3) is 0.429. The minimum atomic E-state index is -0.597. The predicted molar refractivity (Wildman–Crippen MR) is 241 cm³/mol. The zero-order valence-electron chi connectivity index (χ0n) is 36.0. The fourth-order valence-electron chi connectivity index (χ4n) is 9.25. The number of halogens is 1. The van der Waals surface area contributed by atoms with Gasteiger partial charge in [-0.25, -0.2) is 14.5 Å². The number of piperazine rings is 2. The van der Waals surface area contributed by atoms with E-state index in [1.807, 2.05) is 28.1 Å². The summed E-state index contributed by atoms with van der Waals surface area (Å²) in [5, 5.41) is 11.6. The molecule has 5 aromatic rings. The first-order valence-electron chi connectivity index (χ1n) is 22.6. The molecule has 0 radical (unpaired) electrons. The lowest BCUT2D eigenvalue weighted by molar-refractivity contribution is -0.134. The molecule has 0 spiro atoms. The van der Waals surface area contributed by atoms with E-state index in [-0.39, 0.29) is 22.9 Å². The van der Waals surface area contributed by atoms with E-state index in [0.29, 0.717) is 78.8 Å². The van der Waals surface area contributed by atoms with Crippen molar-refractivity contribution in [2.45, 2.75) is 51.5 Å². The zero-order chi connectivity index (χ0) is 43.5. The SMILES string of the molecule is CCc1cccc(-c2cnc(C(=O)N3CCC(CN4CCN(CC(=O)N5CCN(C(=O)c6cc(Cc7n[nH]c(=O)c8ccccc78)ccc6F)CC5)CC4)CC3)c(NC3CC3)c2)c1. The Morgan fingerprint density at radius 1 is 0.730 bits per heavy atom. The first kappa shape index (κ1) is 42.3. The highest BCUT2D eigenvalue weighted by atomic mass is 19.1. The van der Waals surface area contributed by atoms with Crippen molar-refractivity contribution in [3.8, 4) is 11.1 Å². The van der Waals surface area contributed by atoms with Gasteiger partial charge >= 0.3 is 0 Å². The van der Waals surface area contributed by atoms with Crippen LogP contribution in [0.15, 0.2) is 83.8 Å². The number of hydrogen-bond donors (Lipinski definition) is 2. The monoisotopic (exact) mass is 853 g/mol. The standard InChI is InChI=1S/C49H56FN9O4/c1-2-33-6-5-7-36(26-33)37-29-44(52-38-11-12-38)46(51-30-37)49(63)58-16-14-34(15-17-58)31-55-18-20-56(21-19-55)32-45(60)57-22-24-59(25-23-57)48(62)41-27-35(10-13-42(41)50)28-43-39-8-3-4-9-40(39)47(61)54-53-43/h3-10,13,26-27,29-30,34,38,52H,2,11-12,14-25,28,31-32H2,1H3,(H,54,61). The Morgan fingerprint density at radius 3 is 2.19 bits per heavy atom. The van der Waals surface area contributed by atoms with E-state index in [1.54, 1.807) is 29.2 Å². The van der Waals surface area contributed by atoms with Crippen LogP contribution in [0.2, 0.25) is 0 Å². The van der Waals surface area contributed by atoms with Crippen LogP contribution in [0, 0.1) is 11.7 Å². The molecular formula is C49H56FN9O4. The highest BCUT2D eigenvalue weighted by Crippen LogP contribution is 2.32. The average Bonchev–Trinajstić information content (AvgIpc) is 4.15. The molecule has 0 bridgehead atoms. The van der Waals surface area contributed by atoms with Gasteiger partial charge < -0.3 is 24.9 Å². The van der Waals surface area contributed by atoms with Gasteiger partial charge in [-0.05, 0) is 79.0 Å². The number of H-pyrrole nitrogens is 1. The van der Waals surface area contributed by atoms with Crippen molar-refractivity contribution in [2.24, 2.45) is 5.92 Å². The van der Waals surface area contributed by atoms with Gasteiger partial charge in [-0.1, -0.05) is 55.5 Å². The third kappa shape index (κ3) is 9.82. The van der Waals surface area contributed by atoms with Crippen LogP contribution < -0.4 is 10.9 Å². The van der Waals surface area contributed by atoms with E-state index in [2.05, 4.69) is 62.6 Å². The second-order valence-corrected chi connectivity index (χ2v) is 17.6. The second-order valence-electron chi connectivity index (χ2n) is 17.6. The number of aromatic nitrogens is 3. The lowest BCUT2D eigenvalue weighted by Gasteiger charge is -2.40. The maximum Gasteiger partial charge on any atom is 0.274 e. The van der Waals surface area contributed by atoms with E-state index in [1.165, 1.54) is 11.6 Å². The Hall–Kier alpha value is -5.99. The molecule has 4 fully saturated rings. The number of piperidine rings is 1. The minimum absolute atomic E-state index is 0.00281. The Kier molecular flexibility index (Phi) is 12.6. The van der Waals surface area contributed by atoms with Crippen molar-refractivity contribution >= 4 is 34.2 Å². The summed E-state index contributed by atoms with van der Waals surface area (Å²) in [5.74, 6) is -0.439. The van der Waals surface area contributed by atoms with Crippen molar-refractivity contribution in [3.05, 3.63) is 123 Å². The maximum atomic E-state index is 15.1. The number of aryl methyl sites for hydroxylation is 1. The van der Waals surface area contributed by atoms with Crippen LogP contribution >= 0.6 is 0 Å². The highest BCUT2D eigenvalue weighted by Gasteiger charge is 2.32. The summed E-state index contributed by atoms with van der Waals surface area (Å²) in [6, 6.07) is 22.7. The van der Waals surface area contributed by atoms with E-state index in [4.69, 9.17) is 4.98 Å². The van der Waals surface area contributed by atoms with Crippen LogP contribution in [0.5, 0.6) is 0 Å². The lowest BCUT2D eigenvalue weighted by atomic mass is 9.95. The molecule has 1 saturated carbocycles. The summed E-state index contributed by atoms with van der Waals surface area (Å²) < 4.78 is 15.1. The molecule has 0 atom stereocenters. The van der Waals surface area contributed by atoms with Crippen LogP contribution in [-0.4, -0.2) is 142 Å². The lowest BCUT2D eigenvalue weighted by Crippen LogP contribution is -2.55. The zero-order valence-corrected chi connectivity index (χ0v) is 36.0. The summed E-state index contributed by atoms with van der Waals surface area (Å²) in [4.78, 5) is 67.9. The van der Waals surface area contributed by atoms with Gasteiger partial charge in [0.15, 0.2) is 5.69 Å². The normalized spacial score (nSPS) is 17.9. The van der Waals surface area contributed by atoms with Gasteiger partial charge in [0.25, 0.3) is 17.4 Å². The van der Waals surface area contributed by atoms with Gasteiger partial charge in [0.2, 0.25) is 5.91 Å². The maximum absolute atomic E-state index is 15.1. The molecule has 5 heterocycles. The van der Waals surface area contributed by atoms with Crippen molar-refractivity contribution in [3.63, 3.8) is 0 Å². The smallest absolute Gasteiger partial charge is 0.274 e. The number of carbonyl (C=O) groups excluding carboxylic acids is 3. The summed E-state index contributed by atoms with van der Waals surface area (Å²) >= 11 is 0. The topological polar surface area (TPSA) is 138 Å². The van der Waals surface area contributed by atoms with Crippen LogP contribution in [-0.2, 0) is 17.6 Å². The average molecular weight is 854 g/mol. The van der Waals surface area contributed by atoms with Crippen LogP contribution in [0.3, 0.4) is 0 Å². The number of nitrogens with zero attached hydrogens (tertiary/aromatic N) is 7. The molecule has 14 heteroatoms. The molecule has 4 aliphatic rings. The molecule has 9 rings (SSSR count). The molecule has 3 saturated heterocycles. The Morgan fingerprint density at radius 2 is 1.44 bits per heavy atom. The van der Waals surface area contributed by atoms with E-state index in [9.17, 15) is 19.2 Å². The summed E-state index contributed by atoms with van der Waals surface area (Å²) in [7, 11) is 0. The molecule has 328 valence electrons.